The highest BCUT2D eigenvalue weighted by atomic mass is 16.2. The number of guanidine groups is 1. The van der Waals surface area contributed by atoms with Crippen molar-refractivity contribution in [2.45, 2.75) is 31.2 Å². The first-order chi connectivity index (χ1) is 12.2. The van der Waals surface area contributed by atoms with E-state index < -0.39 is 11.5 Å². The van der Waals surface area contributed by atoms with Crippen LogP contribution in [-0.4, -0.2) is 58.5 Å². The van der Waals surface area contributed by atoms with Crippen molar-refractivity contribution in [2.75, 3.05) is 31.1 Å². The number of amides is 1. The van der Waals surface area contributed by atoms with E-state index in [9.17, 15) is 10.1 Å². The fourth-order valence-electron chi connectivity index (χ4n) is 4.02. The SMILES string of the molecule is N#C[C@H]1C(=O)NC(N2CCN(c3ncccn3)CC2)=NC12CCCC2. The molecule has 1 amide bonds. The van der Waals surface area contributed by atoms with Crippen molar-refractivity contribution in [3.05, 3.63) is 18.5 Å². The zero-order chi connectivity index (χ0) is 17.3. The molecule has 2 aliphatic heterocycles. The third kappa shape index (κ3) is 2.80. The third-order valence-corrected chi connectivity index (χ3v) is 5.38. The number of nitrogens with zero attached hydrogens (tertiary/aromatic N) is 6. The Kier molecular flexibility index (Phi) is 3.99. The molecule has 4 rings (SSSR count). The van der Waals surface area contributed by atoms with Crippen LogP contribution in [0.15, 0.2) is 23.5 Å². The van der Waals surface area contributed by atoms with Gasteiger partial charge in [0, 0.05) is 38.6 Å². The van der Waals surface area contributed by atoms with Crippen LogP contribution in [0.1, 0.15) is 25.7 Å². The second kappa shape index (κ2) is 6.31. The molecule has 0 radical (unpaired) electrons. The summed E-state index contributed by atoms with van der Waals surface area (Å²) in [4.78, 5) is 30.1. The molecule has 0 aromatic carbocycles. The predicted octanol–water partition coefficient (Wildman–Crippen LogP) is 0.537. The van der Waals surface area contributed by atoms with Gasteiger partial charge in [-0.05, 0) is 18.9 Å². The molecule has 0 bridgehead atoms. The van der Waals surface area contributed by atoms with Crippen molar-refractivity contribution in [2.24, 2.45) is 10.9 Å². The minimum atomic E-state index is -0.669. The molecule has 2 fully saturated rings. The lowest BCUT2D eigenvalue weighted by molar-refractivity contribution is -0.124. The van der Waals surface area contributed by atoms with Gasteiger partial charge >= 0.3 is 0 Å². The molecule has 1 aromatic heterocycles. The Bertz CT molecular complexity index is 712. The van der Waals surface area contributed by atoms with E-state index in [1.165, 1.54) is 0 Å². The first-order valence-corrected chi connectivity index (χ1v) is 8.79. The van der Waals surface area contributed by atoms with Gasteiger partial charge < -0.3 is 9.80 Å². The van der Waals surface area contributed by atoms with E-state index >= 15 is 0 Å². The summed E-state index contributed by atoms with van der Waals surface area (Å²) in [6, 6.07) is 3.98. The summed E-state index contributed by atoms with van der Waals surface area (Å²) >= 11 is 0. The Morgan fingerprint density at radius 1 is 1.12 bits per heavy atom. The van der Waals surface area contributed by atoms with Gasteiger partial charge in [0.25, 0.3) is 0 Å². The number of carbonyl (C=O) groups excluding carboxylic acids is 1. The van der Waals surface area contributed by atoms with E-state index in [-0.39, 0.29) is 5.91 Å². The van der Waals surface area contributed by atoms with Gasteiger partial charge in [0.05, 0.1) is 11.6 Å². The zero-order valence-corrected chi connectivity index (χ0v) is 14.1. The van der Waals surface area contributed by atoms with Crippen LogP contribution in [0, 0.1) is 17.2 Å². The van der Waals surface area contributed by atoms with Gasteiger partial charge in [0.15, 0.2) is 5.92 Å². The lowest BCUT2D eigenvalue weighted by atomic mass is 9.82. The highest BCUT2D eigenvalue weighted by Gasteiger charge is 2.49. The number of hydrogen-bond acceptors (Lipinski definition) is 7. The molecule has 3 aliphatic rings. The van der Waals surface area contributed by atoms with Gasteiger partial charge in [0.2, 0.25) is 17.8 Å². The van der Waals surface area contributed by atoms with Crippen LogP contribution in [0.2, 0.25) is 0 Å². The summed E-state index contributed by atoms with van der Waals surface area (Å²) in [7, 11) is 0. The van der Waals surface area contributed by atoms with Crippen molar-refractivity contribution in [1.82, 2.24) is 20.2 Å². The van der Waals surface area contributed by atoms with Gasteiger partial charge in [-0.15, -0.1) is 0 Å². The summed E-state index contributed by atoms with van der Waals surface area (Å²) in [5.41, 5.74) is -0.522. The first kappa shape index (κ1) is 15.8. The highest BCUT2D eigenvalue weighted by molar-refractivity contribution is 6.02. The molecule has 1 spiro atoms. The summed E-state index contributed by atoms with van der Waals surface area (Å²) in [5.74, 6) is 0.488. The van der Waals surface area contributed by atoms with Crippen LogP contribution in [0.3, 0.4) is 0 Å². The fraction of sp³-hybridized carbons (Fsp3) is 0.588. The quantitative estimate of drug-likeness (QED) is 0.802. The molecule has 3 heterocycles. The predicted molar refractivity (Wildman–Crippen MR) is 91.7 cm³/mol. The standard InChI is InChI=1S/C17H21N7O/c18-12-13-14(25)21-16(22-17(13)4-1-2-5-17)24-10-8-23(9-11-24)15-19-6-3-7-20-15/h3,6-7,13H,1-2,4-5,8-11H2,(H,21,22,25)/t13-/m0/s1. The fourth-order valence-corrected chi connectivity index (χ4v) is 4.02. The van der Waals surface area contributed by atoms with Crippen molar-refractivity contribution in [3.63, 3.8) is 0 Å². The molecule has 8 nitrogen and oxygen atoms in total. The Hall–Kier alpha value is -2.69. The summed E-state index contributed by atoms with van der Waals surface area (Å²) in [6.07, 6.45) is 7.18. The minimum absolute atomic E-state index is 0.205. The monoisotopic (exact) mass is 339 g/mol. The normalized spacial score (nSPS) is 25.5. The van der Waals surface area contributed by atoms with Crippen LogP contribution in [0.5, 0.6) is 0 Å². The van der Waals surface area contributed by atoms with Gasteiger partial charge in [-0.2, -0.15) is 5.26 Å². The Balaban J connectivity index is 1.50. The molecule has 1 aromatic rings. The van der Waals surface area contributed by atoms with E-state index in [2.05, 4.69) is 31.2 Å². The van der Waals surface area contributed by atoms with Crippen molar-refractivity contribution < 1.29 is 4.79 Å². The molecule has 25 heavy (non-hydrogen) atoms. The molecule has 1 saturated heterocycles. The lowest BCUT2D eigenvalue weighted by Gasteiger charge is -2.41. The second-order valence-electron chi connectivity index (χ2n) is 6.82. The molecule has 0 unspecified atom stereocenters. The minimum Gasteiger partial charge on any atom is -0.339 e. The third-order valence-electron chi connectivity index (χ3n) is 5.38. The maximum Gasteiger partial charge on any atom is 0.246 e. The number of carbonyl (C=O) groups is 1. The average molecular weight is 339 g/mol. The Morgan fingerprint density at radius 3 is 2.40 bits per heavy atom. The number of anilines is 1. The number of hydrogen-bond donors (Lipinski definition) is 1. The molecular formula is C17H21N7O. The van der Waals surface area contributed by atoms with E-state index in [0.29, 0.717) is 5.96 Å². The van der Waals surface area contributed by atoms with Crippen LogP contribution in [-0.2, 0) is 4.79 Å². The molecule has 130 valence electrons. The van der Waals surface area contributed by atoms with Gasteiger partial charge in [-0.1, -0.05) is 12.8 Å². The van der Waals surface area contributed by atoms with E-state index in [1.54, 1.807) is 18.5 Å². The molecule has 1 N–H and O–H groups in total. The number of aromatic nitrogens is 2. The van der Waals surface area contributed by atoms with Crippen molar-refractivity contribution in [1.29, 1.82) is 5.26 Å². The number of nitrogens with one attached hydrogen (secondary N) is 1. The zero-order valence-electron chi connectivity index (χ0n) is 14.1. The van der Waals surface area contributed by atoms with E-state index in [4.69, 9.17) is 4.99 Å². The topological polar surface area (TPSA) is 97.5 Å². The van der Waals surface area contributed by atoms with Gasteiger partial charge in [-0.25, -0.2) is 15.0 Å². The smallest absolute Gasteiger partial charge is 0.246 e. The number of aliphatic imine (C=N–C) groups is 1. The Morgan fingerprint density at radius 2 is 1.76 bits per heavy atom. The lowest BCUT2D eigenvalue weighted by Crippen LogP contribution is -2.60. The molecule has 1 aliphatic carbocycles. The maximum atomic E-state index is 12.5. The van der Waals surface area contributed by atoms with Crippen molar-refractivity contribution >= 4 is 17.8 Å². The van der Waals surface area contributed by atoms with Crippen LogP contribution in [0.25, 0.3) is 0 Å². The number of nitriles is 1. The average Bonchev–Trinajstić information content (AvgIpc) is 3.11. The van der Waals surface area contributed by atoms with Crippen LogP contribution >= 0.6 is 0 Å². The van der Waals surface area contributed by atoms with Gasteiger partial charge in [-0.3, -0.25) is 10.1 Å². The largest absolute Gasteiger partial charge is 0.339 e. The molecule has 8 heteroatoms. The molecule has 1 atom stereocenters. The second-order valence-corrected chi connectivity index (χ2v) is 6.82. The molecule has 1 saturated carbocycles. The summed E-state index contributed by atoms with van der Waals surface area (Å²) in [5, 5.41) is 12.3. The Labute approximate surface area is 146 Å². The highest BCUT2D eigenvalue weighted by Crippen LogP contribution is 2.41. The summed E-state index contributed by atoms with van der Waals surface area (Å²) < 4.78 is 0. The number of rotatable bonds is 1. The van der Waals surface area contributed by atoms with Crippen molar-refractivity contribution in [3.8, 4) is 6.07 Å². The van der Waals surface area contributed by atoms with E-state index in [1.807, 2.05) is 0 Å². The first-order valence-electron chi connectivity index (χ1n) is 8.79. The van der Waals surface area contributed by atoms with Gasteiger partial charge in [0.1, 0.15) is 0 Å². The van der Waals surface area contributed by atoms with Crippen LogP contribution in [0.4, 0.5) is 5.95 Å². The molecular weight excluding hydrogens is 318 g/mol. The van der Waals surface area contributed by atoms with E-state index in [0.717, 1.165) is 57.8 Å². The summed E-state index contributed by atoms with van der Waals surface area (Å²) in [6.45, 7) is 3.02. The number of piperazine rings is 1. The maximum absolute atomic E-state index is 12.5. The van der Waals surface area contributed by atoms with Crippen LogP contribution < -0.4 is 10.2 Å².